The molecule has 0 saturated carbocycles. The summed E-state index contributed by atoms with van der Waals surface area (Å²) in [7, 11) is 1.67. The van der Waals surface area contributed by atoms with E-state index in [1.165, 1.54) is 6.20 Å². The van der Waals surface area contributed by atoms with Crippen LogP contribution in [-0.2, 0) is 0 Å². The lowest BCUT2D eigenvalue weighted by molar-refractivity contribution is 0.0745. The van der Waals surface area contributed by atoms with Crippen molar-refractivity contribution >= 4 is 11.6 Å². The minimum absolute atomic E-state index is 0.0153. The number of hydrogen-bond acceptors (Lipinski definition) is 5. The lowest BCUT2D eigenvalue weighted by Crippen LogP contribution is -2.48. The number of benzene rings is 1. The molecule has 0 unspecified atom stereocenters. The number of methoxy groups -OCH3 is 1. The minimum Gasteiger partial charge on any atom is -0.495 e. The second-order valence-electron chi connectivity index (χ2n) is 5.25. The molecule has 1 fully saturated rings. The minimum atomic E-state index is -0.0153. The number of anilines is 1. The van der Waals surface area contributed by atoms with Crippen molar-refractivity contribution in [1.82, 2.24) is 10.1 Å². The molecule has 116 valence electrons. The van der Waals surface area contributed by atoms with E-state index in [1.807, 2.05) is 29.2 Å². The molecule has 0 bridgehead atoms. The second-order valence-corrected chi connectivity index (χ2v) is 5.25. The zero-order valence-corrected chi connectivity index (χ0v) is 12.8. The van der Waals surface area contributed by atoms with E-state index >= 15 is 0 Å². The van der Waals surface area contributed by atoms with E-state index in [0.29, 0.717) is 24.4 Å². The van der Waals surface area contributed by atoms with Gasteiger partial charge in [-0.1, -0.05) is 17.3 Å². The van der Waals surface area contributed by atoms with Gasteiger partial charge >= 0.3 is 0 Å². The highest BCUT2D eigenvalue weighted by atomic mass is 16.5. The van der Waals surface area contributed by atoms with Gasteiger partial charge in [0.25, 0.3) is 5.91 Å². The molecule has 0 N–H and O–H groups in total. The predicted octanol–water partition coefficient (Wildman–Crippen LogP) is 1.95. The number of ether oxygens (including phenoxy) is 1. The van der Waals surface area contributed by atoms with E-state index < -0.39 is 0 Å². The highest BCUT2D eigenvalue weighted by Crippen LogP contribution is 2.28. The molecule has 0 spiro atoms. The van der Waals surface area contributed by atoms with Crippen molar-refractivity contribution in [3.05, 3.63) is 41.8 Å². The van der Waals surface area contributed by atoms with Crippen LogP contribution in [0.1, 0.15) is 16.1 Å². The number of aromatic nitrogens is 1. The highest BCUT2D eigenvalue weighted by molar-refractivity contribution is 5.95. The largest absolute Gasteiger partial charge is 0.495 e. The highest BCUT2D eigenvalue weighted by Gasteiger charge is 2.25. The first-order valence-electron chi connectivity index (χ1n) is 7.29. The first-order valence-corrected chi connectivity index (χ1v) is 7.29. The van der Waals surface area contributed by atoms with Crippen molar-refractivity contribution in [2.24, 2.45) is 0 Å². The molecule has 0 aliphatic carbocycles. The summed E-state index contributed by atoms with van der Waals surface area (Å²) in [6, 6.07) is 7.94. The summed E-state index contributed by atoms with van der Waals surface area (Å²) < 4.78 is 10.4. The van der Waals surface area contributed by atoms with Crippen LogP contribution in [-0.4, -0.2) is 49.3 Å². The standard InChI is InChI=1S/C16H19N3O3/c1-12-13(11-17-22-12)16(20)19-9-7-18(8-10-19)14-5-3-4-6-15(14)21-2/h3-6,11H,7-10H2,1-2H3. The fraction of sp³-hybridized carbons (Fsp3) is 0.375. The number of hydrogen-bond donors (Lipinski definition) is 0. The van der Waals surface area contributed by atoms with Crippen molar-refractivity contribution in [1.29, 1.82) is 0 Å². The Morgan fingerprint density at radius 3 is 2.59 bits per heavy atom. The maximum atomic E-state index is 12.4. The Labute approximate surface area is 129 Å². The van der Waals surface area contributed by atoms with E-state index in [-0.39, 0.29) is 5.91 Å². The SMILES string of the molecule is COc1ccccc1N1CCN(C(=O)c2cnoc2C)CC1. The van der Waals surface area contributed by atoms with Crippen LogP contribution in [0.25, 0.3) is 0 Å². The van der Waals surface area contributed by atoms with Gasteiger partial charge in [-0.15, -0.1) is 0 Å². The molecule has 2 heterocycles. The van der Waals surface area contributed by atoms with Crippen molar-refractivity contribution in [3.8, 4) is 5.75 Å². The van der Waals surface area contributed by atoms with E-state index in [4.69, 9.17) is 9.26 Å². The van der Waals surface area contributed by atoms with E-state index in [0.717, 1.165) is 24.5 Å². The van der Waals surface area contributed by atoms with Crippen molar-refractivity contribution in [2.75, 3.05) is 38.2 Å². The van der Waals surface area contributed by atoms with Crippen LogP contribution in [0.4, 0.5) is 5.69 Å². The first kappa shape index (κ1) is 14.4. The third-order valence-corrected chi connectivity index (χ3v) is 3.97. The van der Waals surface area contributed by atoms with Gasteiger partial charge in [0, 0.05) is 26.2 Å². The van der Waals surface area contributed by atoms with Crippen LogP contribution in [0.15, 0.2) is 35.0 Å². The van der Waals surface area contributed by atoms with Gasteiger partial charge in [-0.25, -0.2) is 0 Å². The summed E-state index contributed by atoms with van der Waals surface area (Å²) in [5, 5.41) is 3.67. The van der Waals surface area contributed by atoms with Gasteiger partial charge in [0.1, 0.15) is 17.1 Å². The normalized spacial score (nSPS) is 15.0. The molecule has 0 radical (unpaired) electrons. The van der Waals surface area contributed by atoms with Crippen LogP contribution >= 0.6 is 0 Å². The zero-order chi connectivity index (χ0) is 15.5. The van der Waals surface area contributed by atoms with Gasteiger partial charge < -0.3 is 19.1 Å². The maximum absolute atomic E-state index is 12.4. The molecule has 1 aliphatic heterocycles. The van der Waals surface area contributed by atoms with Gasteiger partial charge in [-0.2, -0.15) is 0 Å². The molecule has 6 heteroatoms. The fourth-order valence-electron chi connectivity index (χ4n) is 2.72. The van der Waals surface area contributed by atoms with Crippen LogP contribution in [0.3, 0.4) is 0 Å². The van der Waals surface area contributed by atoms with Gasteiger partial charge in [0.15, 0.2) is 0 Å². The summed E-state index contributed by atoms with van der Waals surface area (Å²) >= 11 is 0. The molecular weight excluding hydrogens is 282 g/mol. The predicted molar refractivity (Wildman–Crippen MR) is 82.4 cm³/mol. The summed E-state index contributed by atoms with van der Waals surface area (Å²) in [5.41, 5.74) is 1.61. The van der Waals surface area contributed by atoms with Crippen LogP contribution in [0.5, 0.6) is 5.75 Å². The van der Waals surface area contributed by atoms with Crippen molar-refractivity contribution < 1.29 is 14.1 Å². The molecule has 1 saturated heterocycles. The Kier molecular flexibility index (Phi) is 4.00. The summed E-state index contributed by atoms with van der Waals surface area (Å²) in [6.45, 7) is 4.64. The monoisotopic (exact) mass is 301 g/mol. The zero-order valence-electron chi connectivity index (χ0n) is 12.8. The summed E-state index contributed by atoms with van der Waals surface area (Å²) in [6.07, 6.45) is 1.49. The van der Waals surface area contributed by atoms with E-state index in [2.05, 4.69) is 10.1 Å². The average Bonchev–Trinajstić information content (AvgIpc) is 3.00. The third-order valence-electron chi connectivity index (χ3n) is 3.97. The average molecular weight is 301 g/mol. The number of aryl methyl sites for hydroxylation is 1. The number of amides is 1. The molecule has 1 aliphatic rings. The van der Waals surface area contributed by atoms with Crippen LogP contribution in [0, 0.1) is 6.92 Å². The molecule has 1 amide bonds. The van der Waals surface area contributed by atoms with Crippen molar-refractivity contribution in [3.63, 3.8) is 0 Å². The number of rotatable bonds is 3. The van der Waals surface area contributed by atoms with Gasteiger partial charge in [-0.05, 0) is 19.1 Å². The third kappa shape index (κ3) is 2.64. The van der Waals surface area contributed by atoms with Crippen LogP contribution in [0.2, 0.25) is 0 Å². The summed E-state index contributed by atoms with van der Waals surface area (Å²) in [5.74, 6) is 1.41. The number of para-hydroxylation sites is 2. The van der Waals surface area contributed by atoms with Gasteiger partial charge in [-0.3, -0.25) is 4.79 Å². The maximum Gasteiger partial charge on any atom is 0.259 e. The van der Waals surface area contributed by atoms with Crippen LogP contribution < -0.4 is 9.64 Å². The van der Waals surface area contributed by atoms with Gasteiger partial charge in [0.2, 0.25) is 0 Å². The quantitative estimate of drug-likeness (QED) is 0.867. The molecule has 6 nitrogen and oxygen atoms in total. The smallest absolute Gasteiger partial charge is 0.259 e. The molecular formula is C16H19N3O3. The van der Waals surface area contributed by atoms with Gasteiger partial charge in [0.05, 0.1) is 19.0 Å². The number of nitrogens with zero attached hydrogens (tertiary/aromatic N) is 3. The Hall–Kier alpha value is -2.50. The number of piperazine rings is 1. The lowest BCUT2D eigenvalue weighted by Gasteiger charge is -2.36. The first-order chi connectivity index (χ1) is 10.7. The van der Waals surface area contributed by atoms with E-state index in [1.54, 1.807) is 14.0 Å². The second kappa shape index (κ2) is 6.09. The molecule has 2 aromatic rings. The topological polar surface area (TPSA) is 58.8 Å². The fourth-order valence-corrected chi connectivity index (χ4v) is 2.72. The Morgan fingerprint density at radius 1 is 1.23 bits per heavy atom. The Bertz CT molecular complexity index is 660. The molecule has 0 atom stereocenters. The Morgan fingerprint density at radius 2 is 1.95 bits per heavy atom. The molecule has 1 aromatic carbocycles. The summed E-state index contributed by atoms with van der Waals surface area (Å²) in [4.78, 5) is 16.5. The number of carbonyl (C=O) groups is 1. The molecule has 1 aromatic heterocycles. The Balaban J connectivity index is 1.68. The van der Waals surface area contributed by atoms with Crippen molar-refractivity contribution in [2.45, 2.75) is 6.92 Å². The molecule has 3 rings (SSSR count). The lowest BCUT2D eigenvalue weighted by atomic mass is 10.2. The molecule has 22 heavy (non-hydrogen) atoms. The number of carbonyl (C=O) groups excluding carboxylic acids is 1. The van der Waals surface area contributed by atoms with E-state index in [9.17, 15) is 4.79 Å².